The van der Waals surface area contributed by atoms with Crippen LogP contribution in [-0.2, 0) is 13.1 Å². The normalized spacial score (nSPS) is 13.8. The van der Waals surface area contributed by atoms with E-state index in [0.29, 0.717) is 25.3 Å². The summed E-state index contributed by atoms with van der Waals surface area (Å²) in [5, 5.41) is 11.7. The van der Waals surface area contributed by atoms with E-state index < -0.39 is 5.54 Å². The number of benzene rings is 1. The maximum absolute atomic E-state index is 13.8. The van der Waals surface area contributed by atoms with Crippen LogP contribution in [0.3, 0.4) is 0 Å². The Morgan fingerprint density at radius 3 is 2.83 bits per heavy atom. The molecule has 0 aliphatic heterocycles. The Labute approximate surface area is 140 Å². The molecule has 0 aliphatic rings. The van der Waals surface area contributed by atoms with Crippen molar-refractivity contribution < 1.29 is 4.39 Å². The van der Waals surface area contributed by atoms with Gasteiger partial charge in [0.2, 0.25) is 0 Å². The van der Waals surface area contributed by atoms with Gasteiger partial charge in [-0.3, -0.25) is 4.68 Å². The summed E-state index contributed by atoms with van der Waals surface area (Å²) in [5.41, 5.74) is 7.27. The summed E-state index contributed by atoms with van der Waals surface area (Å²) in [4.78, 5) is 0. The summed E-state index contributed by atoms with van der Waals surface area (Å²) in [5.74, 6) is -0.297. The van der Waals surface area contributed by atoms with Crippen molar-refractivity contribution in [2.24, 2.45) is 5.73 Å². The predicted octanol–water partition coefficient (Wildman–Crippen LogP) is 1.72. The molecule has 3 N–H and O–H groups in total. The first-order valence-corrected chi connectivity index (χ1v) is 7.79. The molecule has 0 saturated carbocycles. The molecular formula is C17H21FN6. The molecule has 126 valence electrons. The first-order chi connectivity index (χ1) is 11.5. The molecule has 2 heterocycles. The van der Waals surface area contributed by atoms with Crippen LogP contribution < -0.4 is 11.1 Å². The van der Waals surface area contributed by atoms with Crippen LogP contribution in [0.1, 0.15) is 12.5 Å². The Hall–Kier alpha value is -2.51. The summed E-state index contributed by atoms with van der Waals surface area (Å²) in [6, 6.07) is 8.44. The van der Waals surface area contributed by atoms with E-state index in [1.165, 1.54) is 10.7 Å². The molecule has 1 aromatic carbocycles. The molecule has 1 unspecified atom stereocenters. The summed E-state index contributed by atoms with van der Waals surface area (Å²) >= 11 is 0. The molecular weight excluding hydrogens is 307 g/mol. The SMILES string of the molecule is CC(N)(CNCc1cnn(-c2ccccc2F)c1)Cn1cccn1. The van der Waals surface area contributed by atoms with Crippen LogP contribution in [0.5, 0.6) is 0 Å². The van der Waals surface area contributed by atoms with Gasteiger partial charge < -0.3 is 11.1 Å². The lowest BCUT2D eigenvalue weighted by atomic mass is 10.0. The van der Waals surface area contributed by atoms with E-state index >= 15 is 0 Å². The van der Waals surface area contributed by atoms with Crippen molar-refractivity contribution in [1.82, 2.24) is 24.9 Å². The fourth-order valence-corrected chi connectivity index (χ4v) is 2.53. The second-order valence-electron chi connectivity index (χ2n) is 6.21. The van der Waals surface area contributed by atoms with Crippen molar-refractivity contribution in [3.8, 4) is 5.69 Å². The number of hydrogen-bond donors (Lipinski definition) is 2. The predicted molar refractivity (Wildman–Crippen MR) is 90.0 cm³/mol. The van der Waals surface area contributed by atoms with E-state index in [-0.39, 0.29) is 5.82 Å². The van der Waals surface area contributed by atoms with Crippen molar-refractivity contribution in [3.63, 3.8) is 0 Å². The van der Waals surface area contributed by atoms with Crippen molar-refractivity contribution in [2.75, 3.05) is 6.54 Å². The van der Waals surface area contributed by atoms with Gasteiger partial charge >= 0.3 is 0 Å². The first kappa shape index (κ1) is 16.4. The van der Waals surface area contributed by atoms with Crippen molar-refractivity contribution in [2.45, 2.75) is 25.6 Å². The molecule has 0 fully saturated rings. The van der Waals surface area contributed by atoms with Crippen LogP contribution in [-0.4, -0.2) is 31.6 Å². The van der Waals surface area contributed by atoms with E-state index in [9.17, 15) is 4.39 Å². The van der Waals surface area contributed by atoms with Crippen LogP contribution in [0, 0.1) is 5.82 Å². The molecule has 7 heteroatoms. The molecule has 0 spiro atoms. The van der Waals surface area contributed by atoms with Crippen LogP contribution in [0.4, 0.5) is 4.39 Å². The average Bonchev–Trinajstić information content (AvgIpc) is 3.19. The molecule has 2 aromatic heterocycles. The highest BCUT2D eigenvalue weighted by molar-refractivity contribution is 5.32. The molecule has 24 heavy (non-hydrogen) atoms. The van der Waals surface area contributed by atoms with Crippen molar-refractivity contribution in [3.05, 3.63) is 66.5 Å². The lowest BCUT2D eigenvalue weighted by Gasteiger charge is -2.24. The zero-order valence-corrected chi connectivity index (χ0v) is 13.6. The smallest absolute Gasteiger partial charge is 0.148 e. The number of nitrogens with one attached hydrogen (secondary N) is 1. The van der Waals surface area contributed by atoms with E-state index in [1.54, 1.807) is 30.6 Å². The lowest BCUT2D eigenvalue weighted by molar-refractivity contribution is 0.355. The zero-order valence-electron chi connectivity index (χ0n) is 13.6. The fourth-order valence-electron chi connectivity index (χ4n) is 2.53. The maximum atomic E-state index is 13.8. The summed E-state index contributed by atoms with van der Waals surface area (Å²) < 4.78 is 17.1. The Morgan fingerprint density at radius 2 is 2.08 bits per heavy atom. The van der Waals surface area contributed by atoms with Gasteiger partial charge in [0.05, 0.1) is 12.7 Å². The topological polar surface area (TPSA) is 73.7 Å². The van der Waals surface area contributed by atoms with Gasteiger partial charge in [-0.2, -0.15) is 10.2 Å². The average molecular weight is 328 g/mol. The monoisotopic (exact) mass is 328 g/mol. The van der Waals surface area contributed by atoms with Gasteiger partial charge in [0.1, 0.15) is 11.5 Å². The molecule has 0 bridgehead atoms. The minimum atomic E-state index is -0.423. The third kappa shape index (κ3) is 4.06. The van der Waals surface area contributed by atoms with Crippen LogP contribution in [0.2, 0.25) is 0 Å². The largest absolute Gasteiger partial charge is 0.323 e. The van der Waals surface area contributed by atoms with Gasteiger partial charge in [-0.05, 0) is 25.1 Å². The zero-order chi connectivity index (χ0) is 17.0. The maximum Gasteiger partial charge on any atom is 0.148 e. The highest BCUT2D eigenvalue weighted by atomic mass is 19.1. The van der Waals surface area contributed by atoms with Gasteiger partial charge in [0.25, 0.3) is 0 Å². The standard InChI is InChI=1S/C17H21FN6/c1-17(19,13-23-8-4-7-21-23)12-20-9-14-10-22-24(11-14)16-6-3-2-5-15(16)18/h2-8,10-11,20H,9,12-13,19H2,1H3. The molecule has 3 rings (SSSR count). The summed E-state index contributed by atoms with van der Waals surface area (Å²) in [6.45, 7) is 3.84. The molecule has 0 radical (unpaired) electrons. The Kier molecular flexibility index (Phi) is 4.73. The van der Waals surface area contributed by atoms with E-state index in [0.717, 1.165) is 5.56 Å². The Bertz CT molecular complexity index is 778. The Balaban J connectivity index is 1.55. The minimum Gasteiger partial charge on any atom is -0.323 e. The first-order valence-electron chi connectivity index (χ1n) is 7.79. The second-order valence-corrected chi connectivity index (χ2v) is 6.21. The number of nitrogens with two attached hydrogens (primary N) is 1. The van der Waals surface area contributed by atoms with E-state index in [4.69, 9.17) is 5.73 Å². The highest BCUT2D eigenvalue weighted by Crippen LogP contribution is 2.12. The van der Waals surface area contributed by atoms with Gasteiger partial charge in [-0.1, -0.05) is 12.1 Å². The second kappa shape index (κ2) is 6.94. The van der Waals surface area contributed by atoms with Gasteiger partial charge in [0, 0.05) is 42.8 Å². The third-order valence-electron chi connectivity index (χ3n) is 3.68. The van der Waals surface area contributed by atoms with Gasteiger partial charge in [-0.25, -0.2) is 9.07 Å². The Morgan fingerprint density at radius 1 is 1.25 bits per heavy atom. The lowest BCUT2D eigenvalue weighted by Crippen LogP contribution is -2.49. The third-order valence-corrected chi connectivity index (χ3v) is 3.68. The highest BCUT2D eigenvalue weighted by Gasteiger charge is 2.19. The molecule has 0 saturated heterocycles. The van der Waals surface area contributed by atoms with Crippen molar-refractivity contribution in [1.29, 1.82) is 0 Å². The quantitative estimate of drug-likeness (QED) is 0.692. The number of halogens is 1. The van der Waals surface area contributed by atoms with Gasteiger partial charge in [0.15, 0.2) is 0 Å². The number of hydrogen-bond acceptors (Lipinski definition) is 4. The molecule has 0 aliphatic carbocycles. The molecule has 0 amide bonds. The van der Waals surface area contributed by atoms with Gasteiger partial charge in [-0.15, -0.1) is 0 Å². The summed E-state index contributed by atoms with van der Waals surface area (Å²) in [6.07, 6.45) is 7.16. The van der Waals surface area contributed by atoms with E-state index in [2.05, 4.69) is 15.5 Å². The molecule has 6 nitrogen and oxygen atoms in total. The van der Waals surface area contributed by atoms with Crippen molar-refractivity contribution >= 4 is 0 Å². The van der Waals surface area contributed by atoms with Crippen LogP contribution >= 0.6 is 0 Å². The number of para-hydroxylation sites is 1. The van der Waals surface area contributed by atoms with E-state index in [1.807, 2.05) is 30.1 Å². The number of nitrogens with zero attached hydrogens (tertiary/aromatic N) is 4. The summed E-state index contributed by atoms with van der Waals surface area (Å²) in [7, 11) is 0. The minimum absolute atomic E-state index is 0.297. The number of aromatic nitrogens is 4. The fraction of sp³-hybridized carbons (Fsp3) is 0.294. The number of rotatable bonds is 7. The van der Waals surface area contributed by atoms with Crippen LogP contribution in [0.25, 0.3) is 5.69 Å². The molecule has 3 aromatic rings. The van der Waals surface area contributed by atoms with Crippen LogP contribution in [0.15, 0.2) is 55.1 Å². The molecule has 1 atom stereocenters.